The van der Waals surface area contributed by atoms with Gasteiger partial charge in [-0.1, -0.05) is 37.3 Å². The first-order valence-corrected chi connectivity index (χ1v) is 9.71. The Bertz CT molecular complexity index is 868. The standard InChI is InChI=1S/C20H27N7/c1-3-25-9-11-26(12-10-25)16(2)14-21-19-13-18(17-7-5-4-6-8-17)24-20-22-15-23-27(19)20/h4-8,13,15-16,21H,3,9-12,14H2,1-2H3. The van der Waals surface area contributed by atoms with Gasteiger partial charge in [0.15, 0.2) is 0 Å². The molecule has 27 heavy (non-hydrogen) atoms. The maximum atomic E-state index is 4.63. The van der Waals surface area contributed by atoms with Gasteiger partial charge in [-0.05, 0) is 13.5 Å². The molecule has 7 nitrogen and oxygen atoms in total. The Hall–Kier alpha value is -2.51. The number of hydrogen-bond donors (Lipinski definition) is 1. The molecular weight excluding hydrogens is 338 g/mol. The van der Waals surface area contributed by atoms with E-state index in [9.17, 15) is 0 Å². The molecule has 1 aliphatic heterocycles. The van der Waals surface area contributed by atoms with E-state index in [0.29, 0.717) is 11.8 Å². The molecule has 1 aromatic carbocycles. The first-order chi connectivity index (χ1) is 13.2. The monoisotopic (exact) mass is 365 g/mol. The molecule has 0 saturated carbocycles. The largest absolute Gasteiger partial charge is 0.368 e. The zero-order valence-electron chi connectivity index (χ0n) is 16.0. The molecule has 3 heterocycles. The van der Waals surface area contributed by atoms with Crippen LogP contribution in [0.25, 0.3) is 17.0 Å². The fraction of sp³-hybridized carbons (Fsp3) is 0.450. The lowest BCUT2D eigenvalue weighted by molar-refractivity contribution is 0.110. The van der Waals surface area contributed by atoms with Crippen LogP contribution in [-0.4, -0.2) is 74.7 Å². The average molecular weight is 365 g/mol. The highest BCUT2D eigenvalue weighted by atomic mass is 15.4. The summed E-state index contributed by atoms with van der Waals surface area (Å²) in [6.45, 7) is 11.1. The number of hydrogen-bond acceptors (Lipinski definition) is 6. The molecule has 0 spiro atoms. The number of benzene rings is 1. The number of piperazine rings is 1. The highest BCUT2D eigenvalue weighted by molar-refractivity contribution is 5.65. The minimum Gasteiger partial charge on any atom is -0.368 e. The highest BCUT2D eigenvalue weighted by Gasteiger charge is 2.20. The van der Waals surface area contributed by atoms with Crippen LogP contribution in [0.3, 0.4) is 0 Å². The van der Waals surface area contributed by atoms with Crippen LogP contribution < -0.4 is 5.32 Å². The second-order valence-electron chi connectivity index (χ2n) is 7.06. The van der Waals surface area contributed by atoms with E-state index in [-0.39, 0.29) is 0 Å². The van der Waals surface area contributed by atoms with Crippen molar-refractivity contribution >= 4 is 11.6 Å². The molecule has 142 valence electrons. The van der Waals surface area contributed by atoms with E-state index in [0.717, 1.165) is 56.3 Å². The normalized spacial score (nSPS) is 17.3. The van der Waals surface area contributed by atoms with Crippen molar-refractivity contribution in [3.8, 4) is 11.3 Å². The van der Waals surface area contributed by atoms with Gasteiger partial charge < -0.3 is 10.2 Å². The van der Waals surface area contributed by atoms with Crippen LogP contribution in [0.4, 0.5) is 5.82 Å². The van der Waals surface area contributed by atoms with Gasteiger partial charge in [-0.25, -0.2) is 4.98 Å². The molecule has 1 unspecified atom stereocenters. The van der Waals surface area contributed by atoms with Crippen LogP contribution in [0.2, 0.25) is 0 Å². The molecule has 1 aliphatic rings. The van der Waals surface area contributed by atoms with E-state index in [1.807, 2.05) is 18.2 Å². The zero-order chi connectivity index (χ0) is 18.6. The number of nitrogens with zero attached hydrogens (tertiary/aromatic N) is 6. The maximum Gasteiger partial charge on any atom is 0.254 e. The highest BCUT2D eigenvalue weighted by Crippen LogP contribution is 2.21. The van der Waals surface area contributed by atoms with E-state index < -0.39 is 0 Å². The average Bonchev–Trinajstić information content (AvgIpc) is 3.21. The fourth-order valence-corrected chi connectivity index (χ4v) is 3.60. The molecule has 0 bridgehead atoms. The Morgan fingerprint density at radius 3 is 2.63 bits per heavy atom. The molecule has 0 aliphatic carbocycles. The molecule has 1 fully saturated rings. The first-order valence-electron chi connectivity index (χ1n) is 9.71. The van der Waals surface area contributed by atoms with Gasteiger partial charge in [0.05, 0.1) is 5.69 Å². The Morgan fingerprint density at radius 1 is 1.11 bits per heavy atom. The van der Waals surface area contributed by atoms with Crippen molar-refractivity contribution < 1.29 is 0 Å². The third kappa shape index (κ3) is 3.94. The van der Waals surface area contributed by atoms with Crippen LogP contribution in [-0.2, 0) is 0 Å². The van der Waals surface area contributed by atoms with E-state index in [4.69, 9.17) is 0 Å². The molecule has 4 rings (SSSR count). The summed E-state index contributed by atoms with van der Waals surface area (Å²) in [7, 11) is 0. The number of rotatable bonds is 6. The van der Waals surface area contributed by atoms with Gasteiger partial charge in [-0.3, -0.25) is 4.90 Å². The fourth-order valence-electron chi connectivity index (χ4n) is 3.60. The number of nitrogens with one attached hydrogen (secondary N) is 1. The van der Waals surface area contributed by atoms with Gasteiger partial charge in [0.25, 0.3) is 5.78 Å². The number of likely N-dealkylation sites (N-methyl/N-ethyl adjacent to an activating group) is 1. The van der Waals surface area contributed by atoms with E-state index >= 15 is 0 Å². The van der Waals surface area contributed by atoms with Crippen molar-refractivity contribution in [3.63, 3.8) is 0 Å². The lowest BCUT2D eigenvalue weighted by atomic mass is 10.1. The number of fused-ring (bicyclic) bond motifs is 1. The van der Waals surface area contributed by atoms with Crippen LogP contribution in [0.5, 0.6) is 0 Å². The first kappa shape index (κ1) is 17.9. The van der Waals surface area contributed by atoms with Crippen molar-refractivity contribution in [2.24, 2.45) is 0 Å². The topological polar surface area (TPSA) is 61.6 Å². The summed E-state index contributed by atoms with van der Waals surface area (Å²) in [5, 5.41) is 7.90. The second kappa shape index (κ2) is 8.02. The van der Waals surface area contributed by atoms with E-state index in [2.05, 4.69) is 62.2 Å². The molecule has 1 saturated heterocycles. The Morgan fingerprint density at radius 2 is 1.89 bits per heavy atom. The van der Waals surface area contributed by atoms with Gasteiger partial charge >= 0.3 is 0 Å². The molecule has 0 amide bonds. The van der Waals surface area contributed by atoms with Crippen LogP contribution in [0, 0.1) is 0 Å². The number of aromatic nitrogens is 4. The van der Waals surface area contributed by atoms with Crippen molar-refractivity contribution in [1.29, 1.82) is 0 Å². The summed E-state index contributed by atoms with van der Waals surface area (Å²) in [5.41, 5.74) is 1.98. The summed E-state index contributed by atoms with van der Waals surface area (Å²) >= 11 is 0. The van der Waals surface area contributed by atoms with Gasteiger partial charge in [0.1, 0.15) is 12.1 Å². The van der Waals surface area contributed by atoms with Gasteiger partial charge in [0.2, 0.25) is 0 Å². The molecule has 0 radical (unpaired) electrons. The maximum absolute atomic E-state index is 4.63. The zero-order valence-corrected chi connectivity index (χ0v) is 16.0. The molecular formula is C20H27N7. The van der Waals surface area contributed by atoms with Gasteiger partial charge in [-0.2, -0.15) is 14.6 Å². The summed E-state index contributed by atoms with van der Waals surface area (Å²) in [6.07, 6.45) is 1.55. The van der Waals surface area contributed by atoms with Gasteiger partial charge in [-0.15, -0.1) is 0 Å². The molecule has 3 aromatic rings. The van der Waals surface area contributed by atoms with Crippen molar-refractivity contribution in [2.75, 3.05) is 44.6 Å². The minimum atomic E-state index is 0.455. The van der Waals surface area contributed by atoms with Crippen LogP contribution in [0.1, 0.15) is 13.8 Å². The van der Waals surface area contributed by atoms with Crippen molar-refractivity contribution in [3.05, 3.63) is 42.7 Å². The predicted molar refractivity (Wildman–Crippen MR) is 108 cm³/mol. The summed E-state index contributed by atoms with van der Waals surface area (Å²) in [4.78, 5) is 14.0. The van der Waals surface area contributed by atoms with Crippen LogP contribution >= 0.6 is 0 Å². The molecule has 1 atom stereocenters. The lowest BCUT2D eigenvalue weighted by Gasteiger charge is -2.37. The SMILES string of the molecule is CCN1CCN(C(C)CNc2cc(-c3ccccc3)nc3ncnn23)CC1. The molecule has 7 heteroatoms. The van der Waals surface area contributed by atoms with E-state index in [1.165, 1.54) is 0 Å². The van der Waals surface area contributed by atoms with Crippen molar-refractivity contribution in [2.45, 2.75) is 19.9 Å². The Kier molecular flexibility index (Phi) is 5.31. The van der Waals surface area contributed by atoms with E-state index in [1.54, 1.807) is 10.8 Å². The predicted octanol–water partition coefficient (Wildman–Crippen LogP) is 2.23. The quantitative estimate of drug-likeness (QED) is 0.723. The molecule has 2 aromatic heterocycles. The van der Waals surface area contributed by atoms with Gasteiger partial charge in [0, 0.05) is 50.4 Å². The third-order valence-electron chi connectivity index (χ3n) is 5.38. The third-order valence-corrected chi connectivity index (χ3v) is 5.38. The van der Waals surface area contributed by atoms with Crippen molar-refractivity contribution in [1.82, 2.24) is 29.4 Å². The summed E-state index contributed by atoms with van der Waals surface area (Å²) in [5.74, 6) is 1.54. The smallest absolute Gasteiger partial charge is 0.254 e. The lowest BCUT2D eigenvalue weighted by Crippen LogP contribution is -2.51. The number of anilines is 1. The summed E-state index contributed by atoms with van der Waals surface area (Å²) < 4.78 is 1.77. The minimum absolute atomic E-state index is 0.455. The Labute approximate surface area is 160 Å². The van der Waals surface area contributed by atoms with Crippen LogP contribution in [0.15, 0.2) is 42.7 Å². The summed E-state index contributed by atoms with van der Waals surface area (Å²) in [6, 6.07) is 12.7. The second-order valence-corrected chi connectivity index (χ2v) is 7.06. The molecule has 1 N–H and O–H groups in total. The Balaban J connectivity index is 1.49.